The largest absolute Gasteiger partial charge is 0.390 e. The van der Waals surface area contributed by atoms with Crippen LogP contribution in [-0.2, 0) is 9.53 Å². The van der Waals surface area contributed by atoms with E-state index >= 15 is 0 Å². The van der Waals surface area contributed by atoms with Gasteiger partial charge >= 0.3 is 0 Å². The van der Waals surface area contributed by atoms with Crippen LogP contribution in [0.1, 0.15) is 39.0 Å². The van der Waals surface area contributed by atoms with Crippen LogP contribution < -0.4 is 5.32 Å². The fourth-order valence-electron chi connectivity index (χ4n) is 2.76. The molecule has 2 aliphatic rings. The lowest BCUT2D eigenvalue weighted by Gasteiger charge is -2.25. The van der Waals surface area contributed by atoms with Crippen molar-refractivity contribution in [2.45, 2.75) is 50.7 Å². The Morgan fingerprint density at radius 3 is 2.84 bits per heavy atom. The molecule has 0 aromatic rings. The van der Waals surface area contributed by atoms with Crippen molar-refractivity contribution in [1.29, 1.82) is 0 Å². The fourth-order valence-corrected chi connectivity index (χ4v) is 2.76. The topological polar surface area (TPSA) is 61.8 Å². The average Bonchev–Trinajstić information content (AvgIpc) is 2.58. The molecular formula is C14H26N2O3. The van der Waals surface area contributed by atoms with E-state index in [2.05, 4.69) is 5.32 Å². The lowest BCUT2D eigenvalue weighted by molar-refractivity contribution is -0.138. The van der Waals surface area contributed by atoms with E-state index in [0.29, 0.717) is 13.0 Å². The Kier molecular flexibility index (Phi) is 5.19. The van der Waals surface area contributed by atoms with Crippen LogP contribution in [0.15, 0.2) is 0 Å². The molecule has 2 N–H and O–H groups in total. The van der Waals surface area contributed by atoms with E-state index in [9.17, 15) is 9.90 Å². The number of ether oxygens (including phenoxy) is 1. The molecule has 5 nitrogen and oxygen atoms in total. The summed E-state index contributed by atoms with van der Waals surface area (Å²) in [6.07, 6.45) is 4.49. The standard InChI is InChI=1S/C14H26N2O3/c1-14(18)5-2-9-16(10-6-14)13(17)11-19-12-3-7-15-8-4-12/h12,15,18H,2-11H2,1H3. The van der Waals surface area contributed by atoms with Crippen LogP contribution in [0.4, 0.5) is 0 Å². The molecule has 2 fully saturated rings. The molecule has 1 unspecified atom stereocenters. The van der Waals surface area contributed by atoms with E-state index < -0.39 is 5.60 Å². The Labute approximate surface area is 115 Å². The Balaban J connectivity index is 1.73. The maximum atomic E-state index is 12.1. The van der Waals surface area contributed by atoms with Crippen LogP contribution >= 0.6 is 0 Å². The molecule has 5 heteroatoms. The molecule has 2 aliphatic heterocycles. The minimum atomic E-state index is -0.620. The van der Waals surface area contributed by atoms with Crippen LogP contribution in [0.2, 0.25) is 0 Å². The number of carbonyl (C=O) groups is 1. The lowest BCUT2D eigenvalue weighted by atomic mass is 9.98. The molecule has 0 saturated carbocycles. The Morgan fingerprint density at radius 1 is 1.37 bits per heavy atom. The molecule has 2 saturated heterocycles. The second-order valence-corrected chi connectivity index (χ2v) is 5.99. The second-order valence-electron chi connectivity index (χ2n) is 5.99. The predicted molar refractivity (Wildman–Crippen MR) is 72.9 cm³/mol. The summed E-state index contributed by atoms with van der Waals surface area (Å²) in [7, 11) is 0. The van der Waals surface area contributed by atoms with Crippen molar-refractivity contribution >= 4 is 5.91 Å². The highest BCUT2D eigenvalue weighted by molar-refractivity contribution is 5.77. The van der Waals surface area contributed by atoms with Gasteiger partial charge in [-0.1, -0.05) is 0 Å². The number of hydrogen-bond acceptors (Lipinski definition) is 4. The van der Waals surface area contributed by atoms with Crippen LogP contribution in [0.25, 0.3) is 0 Å². The van der Waals surface area contributed by atoms with E-state index in [0.717, 1.165) is 45.3 Å². The highest BCUT2D eigenvalue weighted by Crippen LogP contribution is 2.21. The number of carbonyl (C=O) groups excluding carboxylic acids is 1. The third-order valence-corrected chi connectivity index (χ3v) is 4.15. The van der Waals surface area contributed by atoms with Gasteiger partial charge in [0.05, 0.1) is 11.7 Å². The maximum absolute atomic E-state index is 12.1. The van der Waals surface area contributed by atoms with Crippen LogP contribution in [0.5, 0.6) is 0 Å². The van der Waals surface area contributed by atoms with E-state index in [1.54, 1.807) is 0 Å². The molecule has 19 heavy (non-hydrogen) atoms. The SMILES string of the molecule is CC1(O)CCCN(C(=O)COC2CCNCC2)CC1. The van der Waals surface area contributed by atoms with Gasteiger partial charge in [-0.15, -0.1) is 0 Å². The van der Waals surface area contributed by atoms with Crippen LogP contribution in [-0.4, -0.2) is 60.4 Å². The second kappa shape index (κ2) is 6.68. The van der Waals surface area contributed by atoms with Gasteiger partial charge in [0.25, 0.3) is 0 Å². The van der Waals surface area contributed by atoms with E-state index in [4.69, 9.17) is 4.74 Å². The third kappa shape index (κ3) is 4.75. The number of rotatable bonds is 3. The molecule has 0 spiro atoms. The van der Waals surface area contributed by atoms with Crippen molar-refractivity contribution in [2.75, 3.05) is 32.8 Å². The van der Waals surface area contributed by atoms with Crippen molar-refractivity contribution in [3.05, 3.63) is 0 Å². The van der Waals surface area contributed by atoms with Crippen molar-refractivity contribution in [3.63, 3.8) is 0 Å². The zero-order valence-electron chi connectivity index (χ0n) is 11.9. The van der Waals surface area contributed by atoms with Crippen molar-refractivity contribution in [1.82, 2.24) is 10.2 Å². The van der Waals surface area contributed by atoms with Gasteiger partial charge in [0.2, 0.25) is 5.91 Å². The lowest BCUT2D eigenvalue weighted by Crippen LogP contribution is -2.38. The number of aliphatic hydroxyl groups is 1. The maximum Gasteiger partial charge on any atom is 0.248 e. The predicted octanol–water partition coefficient (Wildman–Crippen LogP) is 0.518. The van der Waals surface area contributed by atoms with E-state index in [-0.39, 0.29) is 18.6 Å². The molecule has 1 amide bonds. The Bertz CT molecular complexity index is 301. The van der Waals surface area contributed by atoms with Gasteiger partial charge in [-0.05, 0) is 52.1 Å². The summed E-state index contributed by atoms with van der Waals surface area (Å²) in [4.78, 5) is 13.9. The van der Waals surface area contributed by atoms with Gasteiger partial charge in [-0.25, -0.2) is 0 Å². The molecule has 0 radical (unpaired) electrons. The average molecular weight is 270 g/mol. The highest BCUT2D eigenvalue weighted by atomic mass is 16.5. The van der Waals surface area contributed by atoms with Gasteiger partial charge in [0.1, 0.15) is 6.61 Å². The zero-order valence-corrected chi connectivity index (χ0v) is 11.9. The van der Waals surface area contributed by atoms with Crippen molar-refractivity contribution in [2.24, 2.45) is 0 Å². The minimum absolute atomic E-state index is 0.0660. The molecule has 0 aromatic carbocycles. The van der Waals surface area contributed by atoms with Crippen LogP contribution in [0, 0.1) is 0 Å². The number of likely N-dealkylation sites (tertiary alicyclic amines) is 1. The monoisotopic (exact) mass is 270 g/mol. The smallest absolute Gasteiger partial charge is 0.248 e. The van der Waals surface area contributed by atoms with Crippen molar-refractivity contribution in [3.8, 4) is 0 Å². The summed E-state index contributed by atoms with van der Waals surface area (Å²) in [5.74, 6) is 0.0660. The molecule has 110 valence electrons. The number of hydrogen-bond donors (Lipinski definition) is 2. The Hall–Kier alpha value is -0.650. The summed E-state index contributed by atoms with van der Waals surface area (Å²) < 4.78 is 5.70. The normalized spacial score (nSPS) is 30.1. The molecule has 2 rings (SSSR count). The zero-order chi connectivity index (χ0) is 13.7. The van der Waals surface area contributed by atoms with Gasteiger partial charge in [-0.3, -0.25) is 4.79 Å². The van der Waals surface area contributed by atoms with Gasteiger partial charge in [-0.2, -0.15) is 0 Å². The van der Waals surface area contributed by atoms with Gasteiger partial charge in [0, 0.05) is 13.1 Å². The Morgan fingerprint density at radius 2 is 2.11 bits per heavy atom. The van der Waals surface area contributed by atoms with Crippen LogP contribution in [0.3, 0.4) is 0 Å². The summed E-state index contributed by atoms with van der Waals surface area (Å²) in [6, 6.07) is 0. The summed E-state index contributed by atoms with van der Waals surface area (Å²) in [5.41, 5.74) is -0.620. The minimum Gasteiger partial charge on any atom is -0.390 e. The van der Waals surface area contributed by atoms with E-state index in [1.165, 1.54) is 0 Å². The van der Waals surface area contributed by atoms with Gasteiger partial charge in [0.15, 0.2) is 0 Å². The summed E-state index contributed by atoms with van der Waals surface area (Å²) in [6.45, 7) is 5.38. The molecule has 0 aliphatic carbocycles. The number of piperidine rings is 1. The quantitative estimate of drug-likeness (QED) is 0.785. The number of nitrogens with zero attached hydrogens (tertiary/aromatic N) is 1. The molecule has 0 bridgehead atoms. The third-order valence-electron chi connectivity index (χ3n) is 4.15. The van der Waals surface area contributed by atoms with Crippen molar-refractivity contribution < 1.29 is 14.6 Å². The molecule has 2 heterocycles. The van der Waals surface area contributed by atoms with Gasteiger partial charge < -0.3 is 20.1 Å². The fraction of sp³-hybridized carbons (Fsp3) is 0.929. The molecule has 1 atom stereocenters. The molecule has 0 aromatic heterocycles. The number of nitrogens with one attached hydrogen (secondary N) is 1. The first-order valence-electron chi connectivity index (χ1n) is 7.39. The first-order valence-corrected chi connectivity index (χ1v) is 7.39. The summed E-state index contributed by atoms with van der Waals surface area (Å²) >= 11 is 0. The number of amides is 1. The molecular weight excluding hydrogens is 244 g/mol. The van der Waals surface area contributed by atoms with E-state index in [1.807, 2.05) is 11.8 Å². The first kappa shape index (κ1) is 14.8. The first-order chi connectivity index (χ1) is 9.07. The summed E-state index contributed by atoms with van der Waals surface area (Å²) in [5, 5.41) is 13.3. The highest BCUT2D eigenvalue weighted by Gasteiger charge is 2.27.